The smallest absolute Gasteiger partial charge is 0.276 e. The summed E-state index contributed by atoms with van der Waals surface area (Å²) in [7, 11) is 4.14. The van der Waals surface area contributed by atoms with Gasteiger partial charge in [-0.2, -0.15) is 5.10 Å². The summed E-state index contributed by atoms with van der Waals surface area (Å²) in [5.74, 6) is -0.0703. The second kappa shape index (κ2) is 6.23. The number of likely N-dealkylation sites (N-methyl/N-ethyl adjacent to an activating group) is 1. The van der Waals surface area contributed by atoms with Gasteiger partial charge in [0.1, 0.15) is 0 Å². The molecule has 1 aromatic heterocycles. The minimum absolute atomic E-state index is 0.0703. The lowest BCUT2D eigenvalue weighted by atomic mass is 10.2. The van der Waals surface area contributed by atoms with Gasteiger partial charge < -0.3 is 15.5 Å². The molecule has 1 fully saturated rings. The van der Waals surface area contributed by atoms with E-state index in [9.17, 15) is 4.79 Å². The third kappa shape index (κ3) is 3.29. The van der Waals surface area contributed by atoms with Crippen LogP contribution < -0.4 is 5.73 Å². The van der Waals surface area contributed by atoms with Crippen molar-refractivity contribution >= 4 is 11.6 Å². The zero-order valence-corrected chi connectivity index (χ0v) is 12.5. The molecule has 1 saturated heterocycles. The molecule has 0 spiro atoms. The third-order valence-corrected chi connectivity index (χ3v) is 3.72. The number of piperazine rings is 1. The molecule has 1 amide bonds. The number of aryl methyl sites for hydroxylation is 1. The summed E-state index contributed by atoms with van der Waals surface area (Å²) in [6.07, 6.45) is 0. The minimum Gasteiger partial charge on any atom is -0.395 e. The van der Waals surface area contributed by atoms with E-state index in [1.807, 2.05) is 11.8 Å². The first-order valence-corrected chi connectivity index (χ1v) is 6.96. The number of nitrogens with one attached hydrogen (secondary N) is 1. The van der Waals surface area contributed by atoms with Crippen LogP contribution in [0.2, 0.25) is 0 Å². The topological polar surface area (TPSA) is 81.5 Å². The predicted molar refractivity (Wildman–Crippen MR) is 78.6 cm³/mol. The number of rotatable bonds is 4. The molecule has 1 aliphatic heterocycles. The molecular formula is C13H24N6O. The SMILES string of the molecule is Cc1[nH]nc(C(=O)N2CCN(CCN(C)C)CC2)c1N. The van der Waals surface area contributed by atoms with Crippen molar-refractivity contribution in [3.63, 3.8) is 0 Å². The zero-order valence-electron chi connectivity index (χ0n) is 12.5. The minimum atomic E-state index is -0.0703. The van der Waals surface area contributed by atoms with Crippen molar-refractivity contribution < 1.29 is 4.79 Å². The fourth-order valence-electron chi connectivity index (χ4n) is 2.27. The van der Waals surface area contributed by atoms with Crippen molar-refractivity contribution in [2.24, 2.45) is 0 Å². The first-order chi connectivity index (χ1) is 9.49. The molecule has 20 heavy (non-hydrogen) atoms. The average Bonchev–Trinajstić information content (AvgIpc) is 2.76. The van der Waals surface area contributed by atoms with Gasteiger partial charge in [0.2, 0.25) is 0 Å². The number of nitrogens with two attached hydrogens (primary N) is 1. The van der Waals surface area contributed by atoms with Gasteiger partial charge in [0, 0.05) is 39.3 Å². The van der Waals surface area contributed by atoms with Crippen LogP contribution in [0.5, 0.6) is 0 Å². The average molecular weight is 280 g/mol. The number of nitrogens with zero attached hydrogens (tertiary/aromatic N) is 4. The van der Waals surface area contributed by atoms with E-state index >= 15 is 0 Å². The van der Waals surface area contributed by atoms with Gasteiger partial charge in [-0.15, -0.1) is 0 Å². The van der Waals surface area contributed by atoms with Crippen molar-refractivity contribution in [2.75, 3.05) is 59.1 Å². The summed E-state index contributed by atoms with van der Waals surface area (Å²) < 4.78 is 0. The maximum Gasteiger partial charge on any atom is 0.276 e. The predicted octanol–water partition coefficient (Wildman–Crippen LogP) is -0.380. The number of aromatic amines is 1. The molecule has 0 saturated carbocycles. The van der Waals surface area contributed by atoms with E-state index in [2.05, 4.69) is 34.1 Å². The van der Waals surface area contributed by atoms with Crippen LogP contribution in [0, 0.1) is 6.92 Å². The fraction of sp³-hybridized carbons (Fsp3) is 0.692. The summed E-state index contributed by atoms with van der Waals surface area (Å²) in [5, 5.41) is 6.77. The van der Waals surface area contributed by atoms with Crippen LogP contribution >= 0.6 is 0 Å². The van der Waals surface area contributed by atoms with Gasteiger partial charge >= 0.3 is 0 Å². The van der Waals surface area contributed by atoms with Gasteiger partial charge in [-0.25, -0.2) is 0 Å². The molecule has 7 heteroatoms. The monoisotopic (exact) mass is 280 g/mol. The summed E-state index contributed by atoms with van der Waals surface area (Å²) in [5.41, 5.74) is 7.42. The normalized spacial score (nSPS) is 16.9. The van der Waals surface area contributed by atoms with Gasteiger partial charge in [0.25, 0.3) is 5.91 Å². The Morgan fingerprint density at radius 3 is 2.50 bits per heavy atom. The van der Waals surface area contributed by atoms with Crippen molar-refractivity contribution in [1.82, 2.24) is 24.9 Å². The molecule has 0 atom stereocenters. The molecule has 0 aliphatic carbocycles. The van der Waals surface area contributed by atoms with Crippen molar-refractivity contribution in [3.05, 3.63) is 11.4 Å². The number of hydrogen-bond donors (Lipinski definition) is 2. The molecule has 7 nitrogen and oxygen atoms in total. The van der Waals surface area contributed by atoms with E-state index in [-0.39, 0.29) is 5.91 Å². The van der Waals surface area contributed by atoms with Crippen molar-refractivity contribution in [3.8, 4) is 0 Å². The van der Waals surface area contributed by atoms with Crippen LogP contribution in [0.3, 0.4) is 0 Å². The number of carbonyl (C=O) groups is 1. The first-order valence-electron chi connectivity index (χ1n) is 6.96. The lowest BCUT2D eigenvalue weighted by Crippen LogP contribution is -2.50. The molecule has 1 aromatic rings. The Morgan fingerprint density at radius 1 is 1.35 bits per heavy atom. The van der Waals surface area contributed by atoms with Crippen LogP contribution in [-0.4, -0.2) is 84.2 Å². The highest BCUT2D eigenvalue weighted by Gasteiger charge is 2.25. The Kier molecular flexibility index (Phi) is 4.61. The van der Waals surface area contributed by atoms with Gasteiger partial charge in [-0.3, -0.25) is 14.8 Å². The molecule has 2 heterocycles. The van der Waals surface area contributed by atoms with E-state index in [0.29, 0.717) is 11.4 Å². The highest BCUT2D eigenvalue weighted by atomic mass is 16.2. The van der Waals surface area contributed by atoms with Crippen molar-refractivity contribution in [2.45, 2.75) is 6.92 Å². The van der Waals surface area contributed by atoms with E-state index in [0.717, 1.165) is 45.0 Å². The second-order valence-corrected chi connectivity index (χ2v) is 5.55. The lowest BCUT2D eigenvalue weighted by Gasteiger charge is -2.34. The third-order valence-electron chi connectivity index (χ3n) is 3.72. The van der Waals surface area contributed by atoms with Gasteiger partial charge in [0.05, 0.1) is 11.4 Å². The second-order valence-electron chi connectivity index (χ2n) is 5.55. The molecule has 2 rings (SSSR count). The van der Waals surface area contributed by atoms with Gasteiger partial charge in [0.15, 0.2) is 5.69 Å². The standard InChI is InChI=1S/C13H24N6O/c1-10-11(14)12(16-15-10)13(20)19-8-6-18(7-9-19)5-4-17(2)3/h4-9,14H2,1-3H3,(H,15,16). The molecule has 3 N–H and O–H groups in total. The number of nitrogen functional groups attached to an aromatic ring is 1. The van der Waals surface area contributed by atoms with E-state index in [1.165, 1.54) is 0 Å². The summed E-state index contributed by atoms with van der Waals surface area (Å²) in [4.78, 5) is 18.7. The number of H-pyrrole nitrogens is 1. The van der Waals surface area contributed by atoms with Crippen molar-refractivity contribution in [1.29, 1.82) is 0 Å². The molecule has 1 aliphatic rings. The number of carbonyl (C=O) groups excluding carboxylic acids is 1. The van der Waals surface area contributed by atoms with Gasteiger partial charge in [-0.05, 0) is 21.0 Å². The van der Waals surface area contributed by atoms with E-state index < -0.39 is 0 Å². The molecule has 0 aromatic carbocycles. The highest BCUT2D eigenvalue weighted by molar-refractivity contribution is 5.97. The maximum absolute atomic E-state index is 12.3. The Bertz CT molecular complexity index is 461. The van der Waals surface area contributed by atoms with Crippen LogP contribution in [0.25, 0.3) is 0 Å². The van der Waals surface area contributed by atoms with Gasteiger partial charge in [-0.1, -0.05) is 0 Å². The fourth-order valence-corrected chi connectivity index (χ4v) is 2.27. The van der Waals surface area contributed by atoms with Crippen LogP contribution in [0.4, 0.5) is 5.69 Å². The number of amides is 1. The Labute approximate surface area is 119 Å². The zero-order chi connectivity index (χ0) is 14.7. The summed E-state index contributed by atoms with van der Waals surface area (Å²) in [6, 6.07) is 0. The largest absolute Gasteiger partial charge is 0.395 e. The summed E-state index contributed by atoms with van der Waals surface area (Å²) >= 11 is 0. The van der Waals surface area contributed by atoms with E-state index in [4.69, 9.17) is 5.73 Å². The first kappa shape index (κ1) is 14.8. The molecule has 0 unspecified atom stereocenters. The Balaban J connectivity index is 1.87. The molecular weight excluding hydrogens is 256 g/mol. The number of hydrogen-bond acceptors (Lipinski definition) is 5. The van der Waals surface area contributed by atoms with Crippen LogP contribution in [0.15, 0.2) is 0 Å². The quantitative estimate of drug-likeness (QED) is 0.786. The number of anilines is 1. The van der Waals surface area contributed by atoms with E-state index in [1.54, 1.807) is 0 Å². The molecule has 0 bridgehead atoms. The maximum atomic E-state index is 12.3. The Hall–Kier alpha value is -1.60. The van der Waals surface area contributed by atoms with Crippen LogP contribution in [-0.2, 0) is 0 Å². The highest BCUT2D eigenvalue weighted by Crippen LogP contribution is 2.15. The summed E-state index contributed by atoms with van der Waals surface area (Å²) in [6.45, 7) is 7.18. The Morgan fingerprint density at radius 2 is 2.00 bits per heavy atom. The molecule has 0 radical (unpaired) electrons. The molecule has 112 valence electrons. The number of aromatic nitrogens is 2. The lowest BCUT2D eigenvalue weighted by molar-refractivity contribution is 0.0625. The van der Waals surface area contributed by atoms with Crippen LogP contribution in [0.1, 0.15) is 16.2 Å².